The van der Waals surface area contributed by atoms with Crippen molar-refractivity contribution in [3.8, 4) is 5.75 Å². The molecule has 2 aromatic carbocycles. The highest BCUT2D eigenvalue weighted by Crippen LogP contribution is 2.37. The summed E-state index contributed by atoms with van der Waals surface area (Å²) in [5.41, 5.74) is 0.899. The van der Waals surface area contributed by atoms with Gasteiger partial charge < -0.3 is 10.1 Å². The molecule has 3 rings (SSSR count). The highest BCUT2D eigenvalue weighted by molar-refractivity contribution is 7.92. The van der Waals surface area contributed by atoms with Gasteiger partial charge in [-0.2, -0.15) is 0 Å². The molecule has 0 bridgehead atoms. The molecular weight excluding hydrogens is 400 g/mol. The first-order valence-corrected chi connectivity index (χ1v) is 11.1. The minimum absolute atomic E-state index is 0.112. The van der Waals surface area contributed by atoms with E-state index in [4.69, 9.17) is 16.3 Å². The van der Waals surface area contributed by atoms with Crippen molar-refractivity contribution in [2.24, 2.45) is 0 Å². The number of sulfonamides is 1. The first-order valence-electron chi connectivity index (χ1n) is 8.85. The van der Waals surface area contributed by atoms with Crippen LogP contribution in [0.2, 0.25) is 5.02 Å². The van der Waals surface area contributed by atoms with E-state index in [-0.39, 0.29) is 12.5 Å². The standard InChI is InChI=1S/C20H23ClN2O4S/c1-20(2,12-14-7-5-4-6-8-14)22-19(24)18-13-23(28(3,25)26)16-11-15(21)9-10-17(16)27-18/h4-11,18H,12-13H2,1-3H3,(H,22,24)/t18-/m1/s1. The van der Waals surface area contributed by atoms with Crippen molar-refractivity contribution >= 4 is 33.2 Å². The van der Waals surface area contributed by atoms with E-state index < -0.39 is 21.7 Å². The molecule has 150 valence electrons. The quantitative estimate of drug-likeness (QED) is 0.803. The molecule has 0 unspecified atom stereocenters. The van der Waals surface area contributed by atoms with Crippen LogP contribution in [0, 0.1) is 0 Å². The Morgan fingerprint density at radius 3 is 2.57 bits per heavy atom. The van der Waals surface area contributed by atoms with Crippen LogP contribution in [-0.4, -0.2) is 38.8 Å². The lowest BCUT2D eigenvalue weighted by molar-refractivity contribution is -0.129. The van der Waals surface area contributed by atoms with Gasteiger partial charge in [-0.1, -0.05) is 41.9 Å². The van der Waals surface area contributed by atoms with Crippen LogP contribution in [-0.2, 0) is 21.2 Å². The fourth-order valence-electron chi connectivity index (χ4n) is 3.24. The summed E-state index contributed by atoms with van der Waals surface area (Å²) in [5, 5.41) is 3.37. The van der Waals surface area contributed by atoms with Crippen LogP contribution in [0.5, 0.6) is 5.75 Å². The molecule has 0 aliphatic carbocycles. The number of fused-ring (bicyclic) bond motifs is 1. The number of hydrogen-bond donors (Lipinski definition) is 1. The van der Waals surface area contributed by atoms with Crippen LogP contribution in [0.4, 0.5) is 5.69 Å². The average Bonchev–Trinajstić information content (AvgIpc) is 2.59. The Morgan fingerprint density at radius 2 is 1.93 bits per heavy atom. The van der Waals surface area contributed by atoms with Crippen LogP contribution < -0.4 is 14.4 Å². The molecule has 2 aromatic rings. The van der Waals surface area contributed by atoms with Crippen molar-refractivity contribution in [2.45, 2.75) is 31.9 Å². The molecule has 1 N–H and O–H groups in total. The number of rotatable bonds is 5. The molecule has 0 fully saturated rings. The second-order valence-electron chi connectivity index (χ2n) is 7.55. The SMILES string of the molecule is CC(C)(Cc1ccccc1)NC(=O)[C@H]1CN(S(C)(=O)=O)c2cc(Cl)ccc2O1. The number of benzene rings is 2. The van der Waals surface area contributed by atoms with E-state index in [2.05, 4.69) is 5.32 Å². The molecule has 0 saturated heterocycles. The first-order chi connectivity index (χ1) is 13.0. The van der Waals surface area contributed by atoms with Gasteiger partial charge in [0.25, 0.3) is 5.91 Å². The number of hydrogen-bond acceptors (Lipinski definition) is 4. The van der Waals surface area contributed by atoms with Crippen molar-refractivity contribution in [1.82, 2.24) is 5.32 Å². The largest absolute Gasteiger partial charge is 0.476 e. The number of amides is 1. The van der Waals surface area contributed by atoms with Gasteiger partial charge in [-0.05, 0) is 44.0 Å². The van der Waals surface area contributed by atoms with Crippen molar-refractivity contribution in [3.05, 3.63) is 59.1 Å². The molecule has 0 spiro atoms. The van der Waals surface area contributed by atoms with E-state index in [1.165, 1.54) is 6.07 Å². The van der Waals surface area contributed by atoms with Gasteiger partial charge in [-0.3, -0.25) is 9.10 Å². The highest BCUT2D eigenvalue weighted by atomic mass is 35.5. The Labute approximate surface area is 170 Å². The maximum absolute atomic E-state index is 12.9. The minimum Gasteiger partial charge on any atom is -0.476 e. The fourth-order valence-corrected chi connectivity index (χ4v) is 4.31. The maximum atomic E-state index is 12.9. The highest BCUT2D eigenvalue weighted by Gasteiger charge is 2.36. The predicted octanol–water partition coefficient (Wildman–Crippen LogP) is 3.00. The summed E-state index contributed by atoms with van der Waals surface area (Å²) in [6, 6.07) is 14.5. The Balaban J connectivity index is 1.80. The molecule has 0 radical (unpaired) electrons. The number of halogens is 1. The molecular formula is C20H23ClN2O4S. The minimum atomic E-state index is -3.60. The molecule has 1 aliphatic rings. The summed E-state index contributed by atoms with van der Waals surface area (Å²) in [6.45, 7) is 3.73. The monoisotopic (exact) mass is 422 g/mol. The van der Waals surface area contributed by atoms with Gasteiger partial charge >= 0.3 is 0 Å². The Kier molecular flexibility index (Phi) is 5.59. The van der Waals surface area contributed by atoms with Gasteiger partial charge in [0.1, 0.15) is 5.75 Å². The Morgan fingerprint density at radius 1 is 1.25 bits per heavy atom. The second kappa shape index (κ2) is 7.64. The maximum Gasteiger partial charge on any atom is 0.263 e. The van der Waals surface area contributed by atoms with Gasteiger partial charge in [0.2, 0.25) is 10.0 Å². The molecule has 0 saturated carbocycles. The van der Waals surface area contributed by atoms with Gasteiger partial charge in [-0.15, -0.1) is 0 Å². The van der Waals surface area contributed by atoms with Crippen LogP contribution >= 0.6 is 11.6 Å². The lowest BCUT2D eigenvalue weighted by atomic mass is 9.94. The Bertz CT molecular complexity index is 977. The van der Waals surface area contributed by atoms with E-state index in [0.29, 0.717) is 22.9 Å². The molecule has 1 heterocycles. The lowest BCUT2D eigenvalue weighted by Gasteiger charge is -2.36. The summed E-state index contributed by atoms with van der Waals surface area (Å²) >= 11 is 6.00. The number of nitrogens with one attached hydrogen (secondary N) is 1. The van der Waals surface area contributed by atoms with E-state index >= 15 is 0 Å². The molecule has 1 aliphatic heterocycles. The molecule has 6 nitrogen and oxygen atoms in total. The van der Waals surface area contributed by atoms with Gasteiger partial charge in [-0.25, -0.2) is 8.42 Å². The normalized spacial score (nSPS) is 16.9. The van der Waals surface area contributed by atoms with E-state index in [1.54, 1.807) is 12.1 Å². The van der Waals surface area contributed by atoms with E-state index in [0.717, 1.165) is 16.1 Å². The topological polar surface area (TPSA) is 75.7 Å². The van der Waals surface area contributed by atoms with E-state index in [1.807, 2.05) is 44.2 Å². The van der Waals surface area contributed by atoms with E-state index in [9.17, 15) is 13.2 Å². The third kappa shape index (κ3) is 4.77. The summed E-state index contributed by atoms with van der Waals surface area (Å²) in [5.74, 6) is -0.0581. The second-order valence-corrected chi connectivity index (χ2v) is 9.89. The van der Waals surface area contributed by atoms with Crippen LogP contribution in [0.15, 0.2) is 48.5 Å². The molecule has 1 atom stereocenters. The van der Waals surface area contributed by atoms with Crippen LogP contribution in [0.1, 0.15) is 19.4 Å². The zero-order valence-corrected chi connectivity index (χ0v) is 17.5. The number of nitrogens with zero attached hydrogens (tertiary/aromatic N) is 1. The molecule has 28 heavy (non-hydrogen) atoms. The number of carbonyl (C=O) groups is 1. The van der Waals surface area contributed by atoms with Crippen LogP contribution in [0.3, 0.4) is 0 Å². The summed E-state index contributed by atoms with van der Waals surface area (Å²) in [7, 11) is -3.60. The summed E-state index contributed by atoms with van der Waals surface area (Å²) in [6.07, 6.45) is 0.768. The van der Waals surface area contributed by atoms with Gasteiger partial charge in [0.05, 0.1) is 18.5 Å². The molecule has 8 heteroatoms. The average molecular weight is 423 g/mol. The first kappa shape index (κ1) is 20.5. The van der Waals surface area contributed by atoms with Crippen molar-refractivity contribution in [3.63, 3.8) is 0 Å². The number of anilines is 1. The fraction of sp³-hybridized carbons (Fsp3) is 0.350. The number of ether oxygens (including phenoxy) is 1. The van der Waals surface area contributed by atoms with Crippen molar-refractivity contribution < 1.29 is 17.9 Å². The zero-order valence-electron chi connectivity index (χ0n) is 16.0. The summed E-state index contributed by atoms with van der Waals surface area (Å²) < 4.78 is 31.5. The number of carbonyl (C=O) groups excluding carboxylic acids is 1. The lowest BCUT2D eigenvalue weighted by Crippen LogP contribution is -2.55. The third-order valence-corrected chi connectivity index (χ3v) is 5.82. The summed E-state index contributed by atoms with van der Waals surface area (Å²) in [4.78, 5) is 12.9. The Hall–Kier alpha value is -2.25. The smallest absolute Gasteiger partial charge is 0.263 e. The van der Waals surface area contributed by atoms with Gasteiger partial charge in [0, 0.05) is 10.6 Å². The zero-order chi connectivity index (χ0) is 20.5. The van der Waals surface area contributed by atoms with Gasteiger partial charge in [0.15, 0.2) is 6.10 Å². The van der Waals surface area contributed by atoms with Crippen molar-refractivity contribution in [1.29, 1.82) is 0 Å². The third-order valence-electron chi connectivity index (χ3n) is 4.43. The molecule has 1 amide bonds. The molecule has 0 aromatic heterocycles. The van der Waals surface area contributed by atoms with Crippen LogP contribution in [0.25, 0.3) is 0 Å². The predicted molar refractivity (Wildman–Crippen MR) is 110 cm³/mol. The van der Waals surface area contributed by atoms with Crippen molar-refractivity contribution in [2.75, 3.05) is 17.1 Å².